The molecular formula is C30H37N5O3. The Hall–Kier alpha value is -3.68. The quantitative estimate of drug-likeness (QED) is 0.377. The molecule has 0 spiro atoms. The van der Waals surface area contributed by atoms with Gasteiger partial charge in [-0.3, -0.25) is 13.9 Å². The summed E-state index contributed by atoms with van der Waals surface area (Å²) in [4.78, 5) is 31.1. The molecule has 1 aliphatic rings. The van der Waals surface area contributed by atoms with Crippen LogP contribution in [0.15, 0.2) is 57.8 Å². The van der Waals surface area contributed by atoms with E-state index in [0.29, 0.717) is 18.0 Å². The number of benzene rings is 1. The number of imidazole rings is 1. The molecule has 8 heteroatoms. The van der Waals surface area contributed by atoms with E-state index in [1.54, 1.807) is 17.7 Å². The number of aryl methyl sites for hydroxylation is 1. The first-order chi connectivity index (χ1) is 17.9. The minimum atomic E-state index is -0.236. The van der Waals surface area contributed by atoms with Crippen molar-refractivity contribution >= 4 is 17.1 Å². The topological polar surface area (TPSA) is 95.0 Å². The van der Waals surface area contributed by atoms with Crippen LogP contribution in [0.25, 0.3) is 22.5 Å². The number of hydrogen-bond acceptors (Lipinski definition) is 5. The van der Waals surface area contributed by atoms with Crippen molar-refractivity contribution in [1.82, 2.24) is 24.6 Å². The molecule has 2 atom stereocenters. The lowest BCUT2D eigenvalue weighted by molar-refractivity contribution is 0.0828. The Morgan fingerprint density at radius 1 is 1.16 bits per heavy atom. The van der Waals surface area contributed by atoms with E-state index in [-0.39, 0.29) is 40.1 Å². The normalized spacial score (nSPS) is 19.5. The standard InChI is InChI=1S/C30H37N5O3/c1-29(2,3)18-35-23-13-12-21(31-26(23)34(6)28(35)37)20-14-15-30(4,5)25(16-20)32-27(36)22-17-24(38-33-22)19-10-8-7-9-11-19/h7-13,17,20,25H,14-16,18H2,1-6H3,(H,32,36). The lowest BCUT2D eigenvalue weighted by Gasteiger charge is -2.42. The summed E-state index contributed by atoms with van der Waals surface area (Å²) in [6.07, 6.45) is 2.67. The number of carbonyl (C=O) groups excluding carboxylic acids is 1. The number of fused-ring (bicyclic) bond motifs is 1. The van der Waals surface area contributed by atoms with Gasteiger partial charge in [0, 0.05) is 42.9 Å². The molecule has 5 rings (SSSR count). The van der Waals surface area contributed by atoms with Gasteiger partial charge in [0.15, 0.2) is 17.1 Å². The van der Waals surface area contributed by atoms with Gasteiger partial charge in [-0.05, 0) is 42.2 Å². The SMILES string of the molecule is Cn1c(=O)n(CC(C)(C)C)c2ccc(C3CCC(C)(C)C(NC(=O)c4cc(-c5ccccc5)on4)C3)nc21. The van der Waals surface area contributed by atoms with Crippen molar-refractivity contribution in [1.29, 1.82) is 0 Å². The number of nitrogens with one attached hydrogen (secondary N) is 1. The molecule has 0 saturated heterocycles. The summed E-state index contributed by atoms with van der Waals surface area (Å²) in [5, 5.41) is 7.26. The molecule has 3 heterocycles. The van der Waals surface area contributed by atoms with Crippen LogP contribution in [-0.4, -0.2) is 31.2 Å². The lowest BCUT2D eigenvalue weighted by atomic mass is 9.68. The van der Waals surface area contributed by atoms with E-state index in [1.807, 2.05) is 47.0 Å². The summed E-state index contributed by atoms with van der Waals surface area (Å²) in [5.41, 5.74) is 3.53. The summed E-state index contributed by atoms with van der Waals surface area (Å²) in [5.74, 6) is 0.508. The fourth-order valence-corrected chi connectivity index (χ4v) is 5.46. The van der Waals surface area contributed by atoms with Gasteiger partial charge in [-0.1, -0.05) is 70.1 Å². The van der Waals surface area contributed by atoms with Crippen molar-refractivity contribution in [2.24, 2.45) is 17.9 Å². The molecule has 3 aromatic heterocycles. The molecule has 1 amide bonds. The summed E-state index contributed by atoms with van der Waals surface area (Å²) in [6.45, 7) is 11.4. The van der Waals surface area contributed by atoms with Crippen molar-refractivity contribution < 1.29 is 9.32 Å². The fraction of sp³-hybridized carbons (Fsp3) is 0.467. The zero-order valence-corrected chi connectivity index (χ0v) is 23.1. The molecule has 1 aliphatic carbocycles. The molecule has 2 unspecified atom stereocenters. The number of amides is 1. The van der Waals surface area contributed by atoms with Crippen LogP contribution in [0.5, 0.6) is 0 Å². The van der Waals surface area contributed by atoms with Gasteiger partial charge in [0.2, 0.25) is 0 Å². The van der Waals surface area contributed by atoms with Crippen LogP contribution in [-0.2, 0) is 13.6 Å². The number of nitrogens with zero attached hydrogens (tertiary/aromatic N) is 4. The van der Waals surface area contributed by atoms with E-state index < -0.39 is 0 Å². The maximum Gasteiger partial charge on any atom is 0.330 e. The minimum Gasteiger partial charge on any atom is -0.355 e. The Balaban J connectivity index is 1.36. The zero-order valence-electron chi connectivity index (χ0n) is 23.1. The third-order valence-corrected chi connectivity index (χ3v) is 7.76. The highest BCUT2D eigenvalue weighted by molar-refractivity contribution is 5.93. The van der Waals surface area contributed by atoms with E-state index in [4.69, 9.17) is 9.51 Å². The fourth-order valence-electron chi connectivity index (χ4n) is 5.46. The first-order valence-electron chi connectivity index (χ1n) is 13.3. The van der Waals surface area contributed by atoms with E-state index in [2.05, 4.69) is 45.1 Å². The Labute approximate surface area is 223 Å². The van der Waals surface area contributed by atoms with E-state index in [9.17, 15) is 9.59 Å². The molecule has 8 nitrogen and oxygen atoms in total. The second kappa shape index (κ2) is 9.57. The second-order valence-corrected chi connectivity index (χ2v) is 12.5. The van der Waals surface area contributed by atoms with Crippen molar-refractivity contribution in [2.75, 3.05) is 0 Å². The molecule has 1 fully saturated rings. The van der Waals surface area contributed by atoms with Crippen LogP contribution >= 0.6 is 0 Å². The van der Waals surface area contributed by atoms with Crippen molar-refractivity contribution in [3.63, 3.8) is 0 Å². The molecule has 0 radical (unpaired) electrons. The zero-order chi connectivity index (χ0) is 27.2. The Morgan fingerprint density at radius 2 is 1.89 bits per heavy atom. The number of rotatable bonds is 5. The highest BCUT2D eigenvalue weighted by Gasteiger charge is 2.39. The maximum atomic E-state index is 13.2. The van der Waals surface area contributed by atoms with Crippen molar-refractivity contribution in [2.45, 2.75) is 72.4 Å². The summed E-state index contributed by atoms with van der Waals surface area (Å²) < 4.78 is 8.91. The Bertz CT molecular complexity index is 1520. The van der Waals surface area contributed by atoms with Gasteiger partial charge in [0.05, 0.1) is 5.52 Å². The van der Waals surface area contributed by atoms with Crippen LogP contribution in [0.3, 0.4) is 0 Å². The van der Waals surface area contributed by atoms with E-state index >= 15 is 0 Å². The molecule has 200 valence electrons. The molecule has 38 heavy (non-hydrogen) atoms. The van der Waals surface area contributed by atoms with Gasteiger partial charge in [-0.15, -0.1) is 0 Å². The second-order valence-electron chi connectivity index (χ2n) is 12.5. The number of carbonyl (C=O) groups is 1. The third kappa shape index (κ3) is 5.04. The summed E-state index contributed by atoms with van der Waals surface area (Å²) in [6, 6.07) is 15.3. The predicted molar refractivity (Wildman–Crippen MR) is 148 cm³/mol. The largest absolute Gasteiger partial charge is 0.355 e. The monoisotopic (exact) mass is 515 g/mol. The average molecular weight is 516 g/mol. The third-order valence-electron chi connectivity index (χ3n) is 7.76. The molecule has 0 bridgehead atoms. The molecule has 4 aromatic rings. The summed E-state index contributed by atoms with van der Waals surface area (Å²) in [7, 11) is 1.79. The lowest BCUT2D eigenvalue weighted by Crippen LogP contribution is -2.48. The number of aromatic nitrogens is 4. The van der Waals surface area contributed by atoms with E-state index in [0.717, 1.165) is 36.0 Å². The maximum absolute atomic E-state index is 13.2. The number of pyridine rings is 1. The highest BCUT2D eigenvalue weighted by atomic mass is 16.5. The molecule has 1 N–H and O–H groups in total. The van der Waals surface area contributed by atoms with Gasteiger partial charge in [-0.2, -0.15) is 0 Å². The molecule has 0 aliphatic heterocycles. The van der Waals surface area contributed by atoms with Crippen molar-refractivity contribution in [3.8, 4) is 11.3 Å². The van der Waals surface area contributed by atoms with Crippen LogP contribution in [0.4, 0.5) is 0 Å². The van der Waals surface area contributed by atoms with Crippen LogP contribution < -0.4 is 11.0 Å². The molecular weight excluding hydrogens is 478 g/mol. The smallest absolute Gasteiger partial charge is 0.330 e. The van der Waals surface area contributed by atoms with Gasteiger partial charge in [0.25, 0.3) is 5.91 Å². The predicted octanol–water partition coefficient (Wildman–Crippen LogP) is 5.53. The first-order valence-corrected chi connectivity index (χ1v) is 13.3. The summed E-state index contributed by atoms with van der Waals surface area (Å²) >= 11 is 0. The van der Waals surface area contributed by atoms with Gasteiger partial charge < -0.3 is 9.84 Å². The first kappa shape index (κ1) is 25.9. The Morgan fingerprint density at radius 3 is 2.61 bits per heavy atom. The molecule has 1 aromatic carbocycles. The highest BCUT2D eigenvalue weighted by Crippen LogP contribution is 2.42. The number of hydrogen-bond donors (Lipinski definition) is 1. The van der Waals surface area contributed by atoms with Crippen LogP contribution in [0.2, 0.25) is 0 Å². The van der Waals surface area contributed by atoms with Gasteiger partial charge in [-0.25, -0.2) is 9.78 Å². The molecule has 1 saturated carbocycles. The average Bonchev–Trinajstić information content (AvgIpc) is 3.45. The van der Waals surface area contributed by atoms with E-state index in [1.165, 1.54) is 0 Å². The minimum absolute atomic E-state index is 0.0249. The van der Waals surface area contributed by atoms with Gasteiger partial charge in [0.1, 0.15) is 0 Å². The van der Waals surface area contributed by atoms with Gasteiger partial charge >= 0.3 is 5.69 Å². The Kier molecular flexibility index (Phi) is 6.53. The van der Waals surface area contributed by atoms with Crippen LogP contribution in [0, 0.1) is 10.8 Å². The van der Waals surface area contributed by atoms with Crippen LogP contribution in [0.1, 0.15) is 76.0 Å². The van der Waals surface area contributed by atoms with Crippen molar-refractivity contribution in [3.05, 3.63) is 70.4 Å².